The Bertz CT molecular complexity index is 51.1. The molecule has 1 rings (SSSR count). The van der Waals surface area contributed by atoms with Crippen LogP contribution in [0.4, 0.5) is 0 Å². The molecule has 0 bridgehead atoms. The molecule has 1 radical (unpaired) electrons. The molecule has 0 amide bonds. The normalized spacial score (nSPS) is 20.0. The lowest BCUT2D eigenvalue weighted by molar-refractivity contribution is 0.548. The highest BCUT2D eigenvalue weighted by Crippen LogP contribution is 1.71. The van der Waals surface area contributed by atoms with Gasteiger partial charge in [0.1, 0.15) is 0 Å². The van der Waals surface area contributed by atoms with E-state index >= 15 is 0 Å². The zero-order chi connectivity index (χ0) is 4.24. The molecule has 0 aromatic carbocycles. The van der Waals surface area contributed by atoms with Gasteiger partial charge in [0.25, 0.3) is 0 Å². The lowest BCUT2D eigenvalue weighted by atomic mass is 10.5. The summed E-state index contributed by atoms with van der Waals surface area (Å²) >= 11 is 0. The number of hydrogen-bond donors (Lipinski definition) is 2. The lowest BCUT2D eigenvalue weighted by Crippen LogP contribution is -2.31. The van der Waals surface area contributed by atoms with Gasteiger partial charge in [-0.15, -0.1) is 0 Å². The Labute approximate surface area is 36.4 Å². The Morgan fingerprint density at radius 1 is 1.67 bits per heavy atom. The van der Waals surface area contributed by atoms with Crippen LogP contribution >= 0.6 is 0 Å². The average molecular weight is 84.1 g/mol. The SMILES string of the molecule is [C]1=NNNCC1. The van der Waals surface area contributed by atoms with Gasteiger partial charge in [-0.1, -0.05) is 0 Å². The fourth-order valence-corrected chi connectivity index (χ4v) is 0.309. The smallest absolute Gasteiger partial charge is 0.0865 e. The number of nitrogens with one attached hydrogen (secondary N) is 2. The molecule has 1 aliphatic rings. The molecular weight excluding hydrogens is 78.1 g/mol. The fraction of sp³-hybridized carbons (Fsp3) is 0.667. The molecular formula is C3H6N3. The van der Waals surface area contributed by atoms with Gasteiger partial charge in [0, 0.05) is 13.0 Å². The van der Waals surface area contributed by atoms with Crippen molar-refractivity contribution >= 4 is 6.21 Å². The first-order valence-corrected chi connectivity index (χ1v) is 1.90. The van der Waals surface area contributed by atoms with Gasteiger partial charge in [0.2, 0.25) is 0 Å². The maximum Gasteiger partial charge on any atom is 0.0865 e. The summed E-state index contributed by atoms with van der Waals surface area (Å²) in [5.74, 6) is 0. The Balaban J connectivity index is 2.26. The third-order valence-electron chi connectivity index (χ3n) is 0.576. The van der Waals surface area contributed by atoms with Gasteiger partial charge in [0.05, 0.1) is 6.21 Å². The van der Waals surface area contributed by atoms with Crippen LogP contribution in [0.5, 0.6) is 0 Å². The molecule has 1 heterocycles. The molecule has 0 spiro atoms. The van der Waals surface area contributed by atoms with Gasteiger partial charge in [-0.25, -0.2) is 11.0 Å². The summed E-state index contributed by atoms with van der Waals surface area (Å²) in [7, 11) is 0. The summed E-state index contributed by atoms with van der Waals surface area (Å²) in [6.07, 6.45) is 3.65. The minimum absolute atomic E-state index is 0.910. The minimum atomic E-state index is 0.910. The Hall–Kier alpha value is -0.570. The van der Waals surface area contributed by atoms with Crippen LogP contribution < -0.4 is 11.0 Å². The van der Waals surface area contributed by atoms with E-state index in [0.29, 0.717) is 0 Å². The van der Waals surface area contributed by atoms with Crippen LogP contribution in [0, 0.1) is 0 Å². The number of hydrazone groups is 1. The monoisotopic (exact) mass is 84.1 g/mol. The molecule has 3 heteroatoms. The first kappa shape index (κ1) is 3.61. The van der Waals surface area contributed by atoms with Gasteiger partial charge in [-0.2, -0.15) is 5.10 Å². The van der Waals surface area contributed by atoms with Crippen LogP contribution in [0.15, 0.2) is 5.10 Å². The summed E-state index contributed by atoms with van der Waals surface area (Å²) < 4.78 is 0. The maximum absolute atomic E-state index is 3.57. The van der Waals surface area contributed by atoms with Crippen molar-refractivity contribution in [3.05, 3.63) is 0 Å². The lowest BCUT2D eigenvalue weighted by Gasteiger charge is -2.02. The van der Waals surface area contributed by atoms with Crippen molar-refractivity contribution < 1.29 is 0 Å². The van der Waals surface area contributed by atoms with Crippen LogP contribution in [0.1, 0.15) is 6.42 Å². The molecule has 0 aromatic heterocycles. The maximum atomic E-state index is 3.57. The Kier molecular flexibility index (Phi) is 1.06. The van der Waals surface area contributed by atoms with E-state index in [1.165, 1.54) is 0 Å². The highest BCUT2D eigenvalue weighted by atomic mass is 15.6. The van der Waals surface area contributed by atoms with E-state index < -0.39 is 0 Å². The van der Waals surface area contributed by atoms with E-state index in [4.69, 9.17) is 0 Å². The predicted octanol–water partition coefficient (Wildman–Crippen LogP) is -0.653. The van der Waals surface area contributed by atoms with Crippen molar-refractivity contribution in [3.63, 3.8) is 0 Å². The summed E-state index contributed by atoms with van der Waals surface area (Å²) in [4.78, 5) is 0. The molecule has 0 aliphatic carbocycles. The van der Waals surface area contributed by atoms with E-state index in [0.717, 1.165) is 13.0 Å². The second-order valence-electron chi connectivity index (χ2n) is 1.06. The topological polar surface area (TPSA) is 36.4 Å². The van der Waals surface area contributed by atoms with Gasteiger partial charge in [-0.05, 0) is 0 Å². The number of rotatable bonds is 0. The minimum Gasteiger partial charge on any atom is -0.243 e. The van der Waals surface area contributed by atoms with Gasteiger partial charge in [-0.3, -0.25) is 0 Å². The molecule has 0 fully saturated rings. The first-order chi connectivity index (χ1) is 3.00. The molecule has 0 saturated carbocycles. The molecule has 2 N–H and O–H groups in total. The van der Waals surface area contributed by atoms with Crippen LogP contribution in [0.3, 0.4) is 0 Å². The number of nitrogens with zero attached hydrogens (tertiary/aromatic N) is 1. The van der Waals surface area contributed by atoms with Crippen molar-refractivity contribution in [2.45, 2.75) is 6.42 Å². The van der Waals surface area contributed by atoms with Crippen LogP contribution in [0.2, 0.25) is 0 Å². The van der Waals surface area contributed by atoms with E-state index in [-0.39, 0.29) is 0 Å². The van der Waals surface area contributed by atoms with Crippen LogP contribution in [-0.2, 0) is 0 Å². The molecule has 0 saturated heterocycles. The molecule has 1 aliphatic heterocycles. The molecule has 3 nitrogen and oxygen atoms in total. The summed E-state index contributed by atoms with van der Waals surface area (Å²) in [5, 5.41) is 3.57. The number of hydrogen-bond acceptors (Lipinski definition) is 3. The van der Waals surface area contributed by atoms with Crippen LogP contribution in [-0.4, -0.2) is 12.8 Å². The Morgan fingerprint density at radius 3 is 2.83 bits per heavy atom. The summed E-state index contributed by atoms with van der Waals surface area (Å²) in [6.45, 7) is 0.934. The second-order valence-corrected chi connectivity index (χ2v) is 1.06. The Morgan fingerprint density at radius 2 is 2.67 bits per heavy atom. The highest BCUT2D eigenvalue weighted by molar-refractivity contribution is 5.57. The molecule has 0 atom stereocenters. The third kappa shape index (κ3) is 0.687. The fourth-order valence-electron chi connectivity index (χ4n) is 0.309. The standard InChI is InChI=1S/C3H6N3/c1-2-4-6-5-3-1/h4,6H,1-2H2. The molecule has 0 aromatic rings. The van der Waals surface area contributed by atoms with Gasteiger partial charge in [0.15, 0.2) is 0 Å². The second kappa shape index (κ2) is 1.77. The average Bonchev–Trinajstić information content (AvgIpc) is 1.72. The van der Waals surface area contributed by atoms with Crippen molar-refractivity contribution in [2.24, 2.45) is 5.10 Å². The van der Waals surface area contributed by atoms with E-state index in [9.17, 15) is 0 Å². The predicted molar refractivity (Wildman–Crippen MR) is 23.2 cm³/mol. The van der Waals surface area contributed by atoms with Gasteiger partial charge < -0.3 is 0 Å². The molecule has 0 unspecified atom stereocenters. The van der Waals surface area contributed by atoms with E-state index in [1.807, 2.05) is 0 Å². The van der Waals surface area contributed by atoms with E-state index in [1.54, 1.807) is 0 Å². The largest absolute Gasteiger partial charge is 0.243 e. The van der Waals surface area contributed by atoms with Crippen molar-refractivity contribution in [1.29, 1.82) is 0 Å². The zero-order valence-corrected chi connectivity index (χ0v) is 3.36. The molecule has 33 valence electrons. The van der Waals surface area contributed by atoms with Crippen molar-refractivity contribution in [1.82, 2.24) is 11.0 Å². The van der Waals surface area contributed by atoms with Crippen molar-refractivity contribution in [3.8, 4) is 0 Å². The van der Waals surface area contributed by atoms with Crippen molar-refractivity contribution in [2.75, 3.05) is 6.54 Å². The van der Waals surface area contributed by atoms with Crippen LogP contribution in [0.25, 0.3) is 0 Å². The summed E-state index contributed by atoms with van der Waals surface area (Å²) in [6, 6.07) is 0. The first-order valence-electron chi connectivity index (χ1n) is 1.90. The molecule has 6 heavy (non-hydrogen) atoms. The quantitative estimate of drug-likeness (QED) is 0.409. The summed E-state index contributed by atoms with van der Waals surface area (Å²) in [5.41, 5.74) is 5.35. The zero-order valence-electron chi connectivity index (χ0n) is 3.36. The van der Waals surface area contributed by atoms with E-state index in [2.05, 4.69) is 22.3 Å². The van der Waals surface area contributed by atoms with Gasteiger partial charge >= 0.3 is 0 Å². The third-order valence-corrected chi connectivity index (χ3v) is 0.576. The number of hydrazine groups is 1. The highest BCUT2D eigenvalue weighted by Gasteiger charge is 1.85.